The number of aromatic amines is 1. The van der Waals surface area contributed by atoms with Gasteiger partial charge in [0.1, 0.15) is 5.82 Å². The Morgan fingerprint density at radius 1 is 1.05 bits per heavy atom. The van der Waals surface area contributed by atoms with Crippen LogP contribution in [0.2, 0.25) is 0 Å². The lowest BCUT2D eigenvalue weighted by molar-refractivity contribution is 0.100. The Bertz CT molecular complexity index is 778. The third-order valence-electron chi connectivity index (χ3n) is 3.23. The van der Waals surface area contributed by atoms with Gasteiger partial charge in [-0.15, -0.1) is 0 Å². The second-order valence-corrected chi connectivity index (χ2v) is 4.59. The number of nitrogens with two attached hydrogens (primary N) is 2. The Morgan fingerprint density at radius 3 is 2.43 bits per heavy atom. The Balaban J connectivity index is 2.05. The molecule has 0 aliphatic carbocycles. The number of nitrogen functional groups attached to an aromatic ring is 1. The molecule has 0 bridgehead atoms. The molecule has 2 aromatic heterocycles. The van der Waals surface area contributed by atoms with E-state index in [1.165, 1.54) is 0 Å². The summed E-state index contributed by atoms with van der Waals surface area (Å²) >= 11 is 0. The monoisotopic (exact) mass is 279 g/mol. The van der Waals surface area contributed by atoms with E-state index < -0.39 is 5.91 Å². The molecule has 3 rings (SSSR count). The van der Waals surface area contributed by atoms with Gasteiger partial charge in [0, 0.05) is 34.6 Å². The summed E-state index contributed by atoms with van der Waals surface area (Å²) in [5.74, 6) is -0.0335. The number of hydrogen-bond acceptors (Lipinski definition) is 4. The van der Waals surface area contributed by atoms with Crippen molar-refractivity contribution in [3.05, 3.63) is 54.5 Å². The number of pyridine rings is 1. The number of benzene rings is 1. The van der Waals surface area contributed by atoms with Crippen molar-refractivity contribution in [1.29, 1.82) is 0 Å². The van der Waals surface area contributed by atoms with E-state index in [0.29, 0.717) is 11.4 Å². The predicted octanol–water partition coefficient (Wildman–Crippen LogP) is 1.82. The van der Waals surface area contributed by atoms with Gasteiger partial charge in [-0.1, -0.05) is 12.1 Å². The van der Waals surface area contributed by atoms with E-state index in [1.807, 2.05) is 6.07 Å². The van der Waals surface area contributed by atoms with Gasteiger partial charge in [0.2, 0.25) is 5.91 Å². The minimum atomic E-state index is -0.459. The summed E-state index contributed by atoms with van der Waals surface area (Å²) < 4.78 is 0. The van der Waals surface area contributed by atoms with Crippen molar-refractivity contribution in [2.75, 3.05) is 5.73 Å². The van der Waals surface area contributed by atoms with Crippen LogP contribution in [0.4, 0.5) is 5.82 Å². The van der Waals surface area contributed by atoms with Crippen molar-refractivity contribution in [2.45, 2.75) is 0 Å². The molecule has 1 aromatic carbocycles. The molecule has 3 aromatic rings. The van der Waals surface area contributed by atoms with E-state index in [0.717, 1.165) is 22.3 Å². The molecule has 6 heteroatoms. The van der Waals surface area contributed by atoms with Gasteiger partial charge < -0.3 is 11.5 Å². The molecular weight excluding hydrogens is 266 g/mol. The smallest absolute Gasteiger partial charge is 0.248 e. The number of primary amides is 1. The molecule has 5 N–H and O–H groups in total. The first-order valence-corrected chi connectivity index (χ1v) is 6.30. The fourth-order valence-corrected chi connectivity index (χ4v) is 2.09. The van der Waals surface area contributed by atoms with Crippen LogP contribution in [0, 0.1) is 0 Å². The van der Waals surface area contributed by atoms with Crippen LogP contribution in [0.5, 0.6) is 0 Å². The molecule has 0 spiro atoms. The number of hydrogen-bond donors (Lipinski definition) is 3. The van der Waals surface area contributed by atoms with Crippen LogP contribution in [0.1, 0.15) is 10.4 Å². The minimum absolute atomic E-state index is 0.425. The second-order valence-electron chi connectivity index (χ2n) is 4.59. The highest BCUT2D eigenvalue weighted by molar-refractivity contribution is 5.93. The van der Waals surface area contributed by atoms with Crippen molar-refractivity contribution < 1.29 is 4.79 Å². The van der Waals surface area contributed by atoms with Gasteiger partial charge in [-0.05, 0) is 23.8 Å². The molecule has 0 aliphatic heterocycles. The van der Waals surface area contributed by atoms with E-state index in [-0.39, 0.29) is 0 Å². The first-order chi connectivity index (χ1) is 10.1. The van der Waals surface area contributed by atoms with Crippen LogP contribution in [0.25, 0.3) is 22.3 Å². The second kappa shape index (κ2) is 5.09. The molecule has 0 atom stereocenters. The number of carbonyl (C=O) groups is 1. The normalized spacial score (nSPS) is 10.5. The molecule has 0 unspecified atom stereocenters. The maximum Gasteiger partial charge on any atom is 0.248 e. The van der Waals surface area contributed by atoms with Crippen molar-refractivity contribution in [1.82, 2.24) is 15.2 Å². The van der Waals surface area contributed by atoms with Crippen LogP contribution in [0.15, 0.2) is 48.9 Å². The number of amides is 1. The summed E-state index contributed by atoms with van der Waals surface area (Å²) in [5, 5.41) is 6.68. The van der Waals surface area contributed by atoms with E-state index >= 15 is 0 Å². The first-order valence-electron chi connectivity index (χ1n) is 6.30. The highest BCUT2D eigenvalue weighted by Gasteiger charge is 2.08. The van der Waals surface area contributed by atoms with Crippen molar-refractivity contribution >= 4 is 11.7 Å². The van der Waals surface area contributed by atoms with Gasteiger partial charge >= 0.3 is 0 Å². The molecule has 0 radical (unpaired) electrons. The summed E-state index contributed by atoms with van der Waals surface area (Å²) in [4.78, 5) is 15.3. The maximum atomic E-state index is 11.1. The number of aromatic nitrogens is 3. The third kappa shape index (κ3) is 2.46. The fourth-order valence-electron chi connectivity index (χ4n) is 2.09. The maximum absolute atomic E-state index is 11.1. The lowest BCUT2D eigenvalue weighted by Crippen LogP contribution is -2.10. The van der Waals surface area contributed by atoms with Gasteiger partial charge in [0.25, 0.3) is 0 Å². The van der Waals surface area contributed by atoms with Crippen LogP contribution in [0.3, 0.4) is 0 Å². The van der Waals surface area contributed by atoms with Gasteiger partial charge in [0.05, 0.1) is 6.20 Å². The summed E-state index contributed by atoms with van der Waals surface area (Å²) in [6, 6.07) is 8.87. The van der Waals surface area contributed by atoms with Gasteiger partial charge in [0.15, 0.2) is 0 Å². The van der Waals surface area contributed by atoms with Gasteiger partial charge in [-0.2, -0.15) is 5.10 Å². The van der Waals surface area contributed by atoms with E-state index in [9.17, 15) is 4.79 Å². The van der Waals surface area contributed by atoms with Crippen molar-refractivity contribution in [3.8, 4) is 22.3 Å². The molecule has 0 saturated carbocycles. The SMILES string of the molecule is NC(=O)c1ccc(-c2cc(-c3cn[nH]c3)cnc2N)cc1. The summed E-state index contributed by atoms with van der Waals surface area (Å²) in [6.45, 7) is 0. The topological polar surface area (TPSA) is 111 Å². The standard InChI is InChI=1S/C15H13N5O/c16-14-13(9-1-3-10(4-2-9)15(17)21)5-11(6-18-14)12-7-19-20-8-12/h1-8H,(H2,16,18)(H2,17,21)(H,19,20). The Hall–Kier alpha value is -3.15. The zero-order chi connectivity index (χ0) is 14.8. The van der Waals surface area contributed by atoms with E-state index in [4.69, 9.17) is 11.5 Å². The first kappa shape index (κ1) is 12.9. The Labute approximate surface area is 120 Å². The highest BCUT2D eigenvalue weighted by atomic mass is 16.1. The van der Waals surface area contributed by atoms with E-state index in [1.54, 1.807) is 42.9 Å². The van der Waals surface area contributed by atoms with E-state index in [2.05, 4.69) is 15.2 Å². The molecule has 0 saturated heterocycles. The molecule has 0 fully saturated rings. The van der Waals surface area contributed by atoms with Crippen molar-refractivity contribution in [3.63, 3.8) is 0 Å². The van der Waals surface area contributed by atoms with Crippen LogP contribution in [-0.4, -0.2) is 21.1 Å². The summed E-state index contributed by atoms with van der Waals surface area (Å²) in [6.07, 6.45) is 5.20. The summed E-state index contributed by atoms with van der Waals surface area (Å²) in [7, 11) is 0. The average Bonchev–Trinajstić information content (AvgIpc) is 3.02. The lowest BCUT2D eigenvalue weighted by atomic mass is 10.0. The quantitative estimate of drug-likeness (QED) is 0.679. The third-order valence-corrected chi connectivity index (χ3v) is 3.23. The lowest BCUT2D eigenvalue weighted by Gasteiger charge is -2.08. The van der Waals surface area contributed by atoms with Gasteiger partial charge in [-0.3, -0.25) is 9.89 Å². The van der Waals surface area contributed by atoms with Crippen LogP contribution >= 0.6 is 0 Å². The van der Waals surface area contributed by atoms with Crippen LogP contribution < -0.4 is 11.5 Å². The molecular formula is C15H13N5O. The number of carbonyl (C=O) groups excluding carboxylic acids is 1. The Morgan fingerprint density at radius 2 is 1.81 bits per heavy atom. The largest absolute Gasteiger partial charge is 0.383 e. The molecule has 1 amide bonds. The number of H-pyrrole nitrogens is 1. The molecule has 0 aliphatic rings. The predicted molar refractivity (Wildman–Crippen MR) is 80.2 cm³/mol. The molecule has 21 heavy (non-hydrogen) atoms. The van der Waals surface area contributed by atoms with Gasteiger partial charge in [-0.25, -0.2) is 4.98 Å². The fraction of sp³-hybridized carbons (Fsp3) is 0. The number of rotatable bonds is 3. The Kier molecular flexibility index (Phi) is 3.12. The van der Waals surface area contributed by atoms with Crippen LogP contribution in [-0.2, 0) is 0 Å². The van der Waals surface area contributed by atoms with Crippen molar-refractivity contribution in [2.24, 2.45) is 5.73 Å². The average molecular weight is 279 g/mol. The zero-order valence-electron chi connectivity index (χ0n) is 11.1. The minimum Gasteiger partial charge on any atom is -0.383 e. The highest BCUT2D eigenvalue weighted by Crippen LogP contribution is 2.29. The summed E-state index contributed by atoms with van der Waals surface area (Å²) in [5.41, 5.74) is 15.1. The molecule has 104 valence electrons. The number of nitrogens with one attached hydrogen (secondary N) is 1. The number of anilines is 1. The zero-order valence-corrected chi connectivity index (χ0v) is 11.1. The number of nitrogens with zero attached hydrogens (tertiary/aromatic N) is 2. The molecule has 6 nitrogen and oxygen atoms in total. The molecule has 2 heterocycles.